The molecule has 6 heteroatoms. The lowest BCUT2D eigenvalue weighted by Crippen LogP contribution is -2.40. The number of nitrogens with one attached hydrogen (secondary N) is 1. The molecule has 1 fully saturated rings. The molecule has 20 heavy (non-hydrogen) atoms. The van der Waals surface area contributed by atoms with Gasteiger partial charge in [-0.2, -0.15) is 0 Å². The number of carbonyl (C=O) groups is 1. The fourth-order valence-corrected chi connectivity index (χ4v) is 2.59. The standard InChI is InChI=1S/C14H19N3O3/c1-2-15-14(18)11-7-9-16(10-8-11)12-5-3-4-6-13(12)17(19)20/h3-6,11H,2,7-10H2,1H3,(H,15,18). The third-order valence-corrected chi connectivity index (χ3v) is 3.64. The molecule has 1 N–H and O–H groups in total. The summed E-state index contributed by atoms with van der Waals surface area (Å²) in [5, 5.41) is 13.9. The lowest BCUT2D eigenvalue weighted by molar-refractivity contribution is -0.384. The molecule has 1 amide bonds. The van der Waals surface area contributed by atoms with Gasteiger partial charge in [0, 0.05) is 31.6 Å². The Bertz CT molecular complexity index is 496. The molecule has 1 aromatic rings. The highest BCUT2D eigenvalue weighted by atomic mass is 16.6. The van der Waals surface area contributed by atoms with E-state index < -0.39 is 0 Å². The number of hydrogen-bond acceptors (Lipinski definition) is 4. The van der Waals surface area contributed by atoms with Crippen molar-refractivity contribution in [2.24, 2.45) is 5.92 Å². The number of piperidine rings is 1. The third kappa shape index (κ3) is 3.07. The van der Waals surface area contributed by atoms with E-state index in [0.717, 1.165) is 12.8 Å². The van der Waals surface area contributed by atoms with Gasteiger partial charge in [-0.15, -0.1) is 0 Å². The second kappa shape index (κ2) is 6.36. The summed E-state index contributed by atoms with van der Waals surface area (Å²) in [6.45, 7) is 3.89. The van der Waals surface area contributed by atoms with Gasteiger partial charge in [-0.25, -0.2) is 0 Å². The summed E-state index contributed by atoms with van der Waals surface area (Å²) in [7, 11) is 0. The molecule has 2 rings (SSSR count). The monoisotopic (exact) mass is 277 g/mol. The highest BCUT2D eigenvalue weighted by molar-refractivity contribution is 5.79. The molecular weight excluding hydrogens is 258 g/mol. The molecule has 1 aliphatic rings. The minimum Gasteiger partial charge on any atom is -0.366 e. The number of nitro groups is 1. The van der Waals surface area contributed by atoms with E-state index in [0.29, 0.717) is 25.3 Å². The number of amides is 1. The molecule has 108 valence electrons. The van der Waals surface area contributed by atoms with Crippen LogP contribution in [0.15, 0.2) is 24.3 Å². The third-order valence-electron chi connectivity index (χ3n) is 3.64. The average molecular weight is 277 g/mol. The Kier molecular flexibility index (Phi) is 4.55. The van der Waals surface area contributed by atoms with Crippen molar-refractivity contribution in [3.05, 3.63) is 34.4 Å². The normalized spacial score (nSPS) is 15.9. The van der Waals surface area contributed by atoms with Crippen molar-refractivity contribution < 1.29 is 9.72 Å². The summed E-state index contributed by atoms with van der Waals surface area (Å²) in [5.74, 6) is 0.115. The van der Waals surface area contributed by atoms with Crippen LogP contribution in [-0.2, 0) is 4.79 Å². The summed E-state index contributed by atoms with van der Waals surface area (Å²) in [6, 6.07) is 6.76. The van der Waals surface area contributed by atoms with Crippen LogP contribution in [0.3, 0.4) is 0 Å². The maximum absolute atomic E-state index is 11.8. The summed E-state index contributed by atoms with van der Waals surface area (Å²) in [6.07, 6.45) is 1.47. The van der Waals surface area contributed by atoms with Crippen molar-refractivity contribution >= 4 is 17.3 Å². The zero-order valence-corrected chi connectivity index (χ0v) is 11.5. The Hall–Kier alpha value is -2.11. The molecule has 0 atom stereocenters. The lowest BCUT2D eigenvalue weighted by atomic mass is 9.95. The van der Waals surface area contributed by atoms with Gasteiger partial charge in [0.05, 0.1) is 4.92 Å². The molecule has 1 saturated heterocycles. The molecule has 0 unspecified atom stereocenters. The van der Waals surface area contributed by atoms with Crippen LogP contribution < -0.4 is 10.2 Å². The fraction of sp³-hybridized carbons (Fsp3) is 0.500. The van der Waals surface area contributed by atoms with E-state index in [-0.39, 0.29) is 22.4 Å². The summed E-state index contributed by atoms with van der Waals surface area (Å²) in [4.78, 5) is 24.5. The van der Waals surface area contributed by atoms with Gasteiger partial charge in [-0.1, -0.05) is 12.1 Å². The Morgan fingerprint density at radius 1 is 1.40 bits per heavy atom. The molecule has 0 aliphatic carbocycles. The first-order chi connectivity index (χ1) is 9.63. The first-order valence-electron chi connectivity index (χ1n) is 6.89. The van der Waals surface area contributed by atoms with Gasteiger partial charge in [0.15, 0.2) is 0 Å². The minimum absolute atomic E-state index is 0.0222. The number of anilines is 1. The maximum Gasteiger partial charge on any atom is 0.292 e. The summed E-state index contributed by atoms with van der Waals surface area (Å²) < 4.78 is 0. The number of rotatable bonds is 4. The Morgan fingerprint density at radius 3 is 2.65 bits per heavy atom. The Morgan fingerprint density at radius 2 is 2.05 bits per heavy atom. The molecule has 0 spiro atoms. The van der Waals surface area contributed by atoms with Gasteiger partial charge >= 0.3 is 0 Å². The summed E-state index contributed by atoms with van der Waals surface area (Å²) >= 11 is 0. The number of para-hydroxylation sites is 2. The number of nitrogens with zero attached hydrogens (tertiary/aromatic N) is 2. The molecular formula is C14H19N3O3. The number of hydrogen-bond donors (Lipinski definition) is 1. The van der Waals surface area contributed by atoms with Gasteiger partial charge in [-0.05, 0) is 25.8 Å². The van der Waals surface area contributed by atoms with E-state index in [9.17, 15) is 14.9 Å². The first-order valence-corrected chi connectivity index (χ1v) is 6.89. The highest BCUT2D eigenvalue weighted by Crippen LogP contribution is 2.31. The van der Waals surface area contributed by atoms with Crippen molar-refractivity contribution in [3.63, 3.8) is 0 Å². The van der Waals surface area contributed by atoms with Crippen LogP contribution in [0.2, 0.25) is 0 Å². The Balaban J connectivity index is 2.04. The van der Waals surface area contributed by atoms with Gasteiger partial charge < -0.3 is 10.2 Å². The summed E-state index contributed by atoms with van der Waals surface area (Å²) in [5.41, 5.74) is 0.774. The maximum atomic E-state index is 11.8. The highest BCUT2D eigenvalue weighted by Gasteiger charge is 2.27. The topological polar surface area (TPSA) is 75.5 Å². The van der Waals surface area contributed by atoms with E-state index in [1.54, 1.807) is 18.2 Å². The van der Waals surface area contributed by atoms with Gasteiger partial charge in [-0.3, -0.25) is 14.9 Å². The first kappa shape index (κ1) is 14.3. The smallest absolute Gasteiger partial charge is 0.292 e. The van der Waals surface area contributed by atoms with E-state index in [2.05, 4.69) is 5.32 Å². The predicted molar refractivity (Wildman–Crippen MR) is 76.7 cm³/mol. The molecule has 1 aliphatic heterocycles. The molecule has 0 radical (unpaired) electrons. The van der Waals surface area contributed by atoms with Crippen molar-refractivity contribution in [1.29, 1.82) is 0 Å². The van der Waals surface area contributed by atoms with Crippen LogP contribution in [0.1, 0.15) is 19.8 Å². The molecule has 1 aromatic carbocycles. The predicted octanol–water partition coefficient (Wildman–Crippen LogP) is 1.95. The van der Waals surface area contributed by atoms with Gasteiger partial charge in [0.25, 0.3) is 5.69 Å². The van der Waals surface area contributed by atoms with E-state index in [1.807, 2.05) is 11.8 Å². The number of carbonyl (C=O) groups excluding carboxylic acids is 1. The van der Waals surface area contributed by atoms with Crippen LogP contribution >= 0.6 is 0 Å². The van der Waals surface area contributed by atoms with Crippen LogP contribution in [0.4, 0.5) is 11.4 Å². The molecule has 6 nitrogen and oxygen atoms in total. The van der Waals surface area contributed by atoms with Gasteiger partial charge in [0.2, 0.25) is 5.91 Å². The SMILES string of the molecule is CCNC(=O)C1CCN(c2ccccc2[N+](=O)[O-])CC1. The van der Waals surface area contributed by atoms with E-state index in [4.69, 9.17) is 0 Å². The van der Waals surface area contributed by atoms with Crippen LogP contribution in [0.25, 0.3) is 0 Å². The number of benzene rings is 1. The minimum atomic E-state index is -0.356. The van der Waals surface area contributed by atoms with Crippen molar-refractivity contribution in [1.82, 2.24) is 5.32 Å². The molecule has 0 saturated carbocycles. The van der Waals surface area contributed by atoms with Crippen molar-refractivity contribution in [2.45, 2.75) is 19.8 Å². The zero-order valence-electron chi connectivity index (χ0n) is 11.5. The van der Waals surface area contributed by atoms with Crippen LogP contribution in [0.5, 0.6) is 0 Å². The van der Waals surface area contributed by atoms with Crippen molar-refractivity contribution in [3.8, 4) is 0 Å². The van der Waals surface area contributed by atoms with Crippen LogP contribution in [-0.4, -0.2) is 30.5 Å². The molecule has 1 heterocycles. The van der Waals surface area contributed by atoms with Gasteiger partial charge in [0.1, 0.15) is 5.69 Å². The van der Waals surface area contributed by atoms with Crippen LogP contribution in [0, 0.1) is 16.0 Å². The largest absolute Gasteiger partial charge is 0.366 e. The quantitative estimate of drug-likeness (QED) is 0.674. The molecule has 0 aromatic heterocycles. The second-order valence-corrected chi connectivity index (χ2v) is 4.90. The Labute approximate surface area is 117 Å². The van der Waals surface area contributed by atoms with E-state index in [1.165, 1.54) is 6.07 Å². The fourth-order valence-electron chi connectivity index (χ4n) is 2.59. The lowest BCUT2D eigenvalue weighted by Gasteiger charge is -2.32. The number of nitro benzene ring substituents is 1. The zero-order chi connectivity index (χ0) is 14.5. The average Bonchev–Trinajstić information content (AvgIpc) is 2.47. The second-order valence-electron chi connectivity index (χ2n) is 4.90. The van der Waals surface area contributed by atoms with Crippen molar-refractivity contribution in [2.75, 3.05) is 24.5 Å². The van der Waals surface area contributed by atoms with E-state index >= 15 is 0 Å². The molecule has 0 bridgehead atoms.